The summed E-state index contributed by atoms with van der Waals surface area (Å²) in [6.45, 7) is 7.64. The summed E-state index contributed by atoms with van der Waals surface area (Å²) < 4.78 is 0. The SMILES string of the molecule is CCC1CNC(C)(C2CC2)CN1Cc1csc(=O)[nH]1. The maximum Gasteiger partial charge on any atom is 0.304 e. The fourth-order valence-corrected chi connectivity index (χ4v) is 3.85. The Morgan fingerprint density at radius 2 is 2.32 bits per heavy atom. The van der Waals surface area contributed by atoms with Crippen LogP contribution in [-0.4, -0.2) is 34.6 Å². The highest BCUT2D eigenvalue weighted by atomic mass is 32.1. The Hall–Kier alpha value is -0.650. The van der Waals surface area contributed by atoms with Crippen LogP contribution in [0.5, 0.6) is 0 Å². The number of nitrogens with one attached hydrogen (secondary N) is 2. The Labute approximate surface area is 118 Å². The second kappa shape index (κ2) is 5.04. The summed E-state index contributed by atoms with van der Waals surface area (Å²) in [5.41, 5.74) is 1.33. The van der Waals surface area contributed by atoms with Gasteiger partial charge in [0, 0.05) is 42.3 Å². The van der Waals surface area contributed by atoms with Crippen LogP contribution < -0.4 is 10.2 Å². The molecule has 1 aromatic heterocycles. The van der Waals surface area contributed by atoms with Gasteiger partial charge in [0.1, 0.15) is 0 Å². The number of piperazine rings is 1. The lowest BCUT2D eigenvalue weighted by Crippen LogP contribution is -2.63. The van der Waals surface area contributed by atoms with Crippen LogP contribution in [0.25, 0.3) is 0 Å². The normalized spacial score (nSPS) is 32.6. The standard InChI is InChI=1S/C14H23N3OS/c1-3-12-6-15-14(2,10-4-5-10)9-17(12)7-11-8-19-13(18)16-11/h8,10,12,15H,3-7,9H2,1-2H3,(H,16,18). The van der Waals surface area contributed by atoms with E-state index in [1.54, 1.807) is 0 Å². The van der Waals surface area contributed by atoms with Crippen LogP contribution in [0.1, 0.15) is 38.8 Å². The van der Waals surface area contributed by atoms with Gasteiger partial charge in [0.05, 0.1) is 0 Å². The molecule has 1 aliphatic carbocycles. The van der Waals surface area contributed by atoms with Gasteiger partial charge in [-0.15, -0.1) is 0 Å². The Morgan fingerprint density at radius 1 is 1.53 bits per heavy atom. The van der Waals surface area contributed by atoms with E-state index in [1.807, 2.05) is 5.38 Å². The van der Waals surface area contributed by atoms with Crippen molar-refractivity contribution in [2.75, 3.05) is 13.1 Å². The van der Waals surface area contributed by atoms with Crippen molar-refractivity contribution in [1.29, 1.82) is 0 Å². The molecule has 1 aromatic rings. The fraction of sp³-hybridized carbons (Fsp3) is 0.786. The van der Waals surface area contributed by atoms with E-state index in [9.17, 15) is 4.79 Å². The number of hydrogen-bond acceptors (Lipinski definition) is 4. The van der Waals surface area contributed by atoms with Gasteiger partial charge in [0.25, 0.3) is 0 Å². The van der Waals surface area contributed by atoms with Gasteiger partial charge in [-0.2, -0.15) is 0 Å². The van der Waals surface area contributed by atoms with Gasteiger partial charge in [-0.3, -0.25) is 9.69 Å². The number of thiazole rings is 1. The number of H-pyrrole nitrogens is 1. The average molecular weight is 281 g/mol. The first kappa shape index (κ1) is 13.3. The molecule has 0 radical (unpaired) electrons. The van der Waals surface area contributed by atoms with Crippen LogP contribution in [0.3, 0.4) is 0 Å². The zero-order valence-electron chi connectivity index (χ0n) is 11.7. The topological polar surface area (TPSA) is 48.1 Å². The highest BCUT2D eigenvalue weighted by Crippen LogP contribution is 2.41. The molecule has 106 valence electrons. The van der Waals surface area contributed by atoms with Crippen molar-refractivity contribution in [1.82, 2.24) is 15.2 Å². The van der Waals surface area contributed by atoms with E-state index in [1.165, 1.54) is 24.2 Å². The second-order valence-corrected chi connectivity index (χ2v) is 7.06. The molecule has 2 unspecified atom stereocenters. The van der Waals surface area contributed by atoms with Crippen LogP contribution >= 0.6 is 11.3 Å². The van der Waals surface area contributed by atoms with Gasteiger partial charge in [0.15, 0.2) is 0 Å². The smallest absolute Gasteiger partial charge is 0.304 e. The van der Waals surface area contributed by atoms with Gasteiger partial charge in [-0.25, -0.2) is 0 Å². The van der Waals surface area contributed by atoms with Crippen molar-refractivity contribution in [3.8, 4) is 0 Å². The average Bonchev–Trinajstić information content (AvgIpc) is 3.16. The molecule has 0 amide bonds. The third kappa shape index (κ3) is 2.78. The van der Waals surface area contributed by atoms with Crippen molar-refractivity contribution in [3.63, 3.8) is 0 Å². The summed E-state index contributed by atoms with van der Waals surface area (Å²) in [7, 11) is 0. The molecule has 2 atom stereocenters. The Morgan fingerprint density at radius 3 is 2.89 bits per heavy atom. The van der Waals surface area contributed by atoms with Gasteiger partial charge >= 0.3 is 4.87 Å². The van der Waals surface area contributed by atoms with Gasteiger partial charge in [-0.05, 0) is 32.1 Å². The molecule has 1 aliphatic heterocycles. The molecule has 4 nitrogen and oxygen atoms in total. The van der Waals surface area contributed by atoms with E-state index in [0.29, 0.717) is 6.04 Å². The number of aromatic amines is 1. The quantitative estimate of drug-likeness (QED) is 0.884. The fourth-order valence-electron chi connectivity index (χ4n) is 3.28. The van der Waals surface area contributed by atoms with Crippen LogP contribution in [0.4, 0.5) is 0 Å². The third-order valence-electron chi connectivity index (χ3n) is 4.68. The van der Waals surface area contributed by atoms with Crippen molar-refractivity contribution in [2.24, 2.45) is 5.92 Å². The van der Waals surface area contributed by atoms with Crippen LogP contribution in [-0.2, 0) is 6.54 Å². The molecule has 2 N–H and O–H groups in total. The number of hydrogen-bond donors (Lipinski definition) is 2. The summed E-state index contributed by atoms with van der Waals surface area (Å²) in [4.78, 5) is 16.8. The van der Waals surface area contributed by atoms with Crippen LogP contribution in [0.2, 0.25) is 0 Å². The molecule has 2 aliphatic rings. The zero-order chi connectivity index (χ0) is 13.5. The maximum absolute atomic E-state index is 11.3. The highest BCUT2D eigenvalue weighted by molar-refractivity contribution is 7.07. The summed E-state index contributed by atoms with van der Waals surface area (Å²) in [5, 5.41) is 5.73. The molecule has 2 fully saturated rings. The highest BCUT2D eigenvalue weighted by Gasteiger charge is 2.45. The lowest BCUT2D eigenvalue weighted by Gasteiger charge is -2.46. The second-order valence-electron chi connectivity index (χ2n) is 6.21. The molecule has 1 saturated carbocycles. The Bertz CT molecular complexity index is 493. The van der Waals surface area contributed by atoms with Gasteiger partial charge < -0.3 is 10.3 Å². The van der Waals surface area contributed by atoms with Gasteiger partial charge in [-0.1, -0.05) is 18.3 Å². The first-order valence-electron chi connectivity index (χ1n) is 7.26. The van der Waals surface area contributed by atoms with Crippen molar-refractivity contribution in [3.05, 3.63) is 20.7 Å². The molecule has 1 saturated heterocycles. The predicted octanol–water partition coefficient (Wildman–Crippen LogP) is 1.79. The lowest BCUT2D eigenvalue weighted by atomic mass is 9.90. The first-order chi connectivity index (χ1) is 9.10. The minimum atomic E-state index is 0.0585. The van der Waals surface area contributed by atoms with E-state index >= 15 is 0 Å². The number of nitrogens with zero attached hydrogens (tertiary/aromatic N) is 1. The molecule has 3 rings (SSSR count). The van der Waals surface area contributed by atoms with Crippen molar-refractivity contribution < 1.29 is 0 Å². The van der Waals surface area contributed by atoms with E-state index in [4.69, 9.17) is 0 Å². The van der Waals surface area contributed by atoms with Gasteiger partial charge in [0.2, 0.25) is 0 Å². The predicted molar refractivity (Wildman–Crippen MR) is 78.6 cm³/mol. The van der Waals surface area contributed by atoms with Crippen LogP contribution in [0.15, 0.2) is 10.2 Å². The number of aromatic nitrogens is 1. The van der Waals surface area contributed by atoms with E-state index in [-0.39, 0.29) is 10.4 Å². The van der Waals surface area contributed by atoms with Crippen molar-refractivity contribution >= 4 is 11.3 Å². The lowest BCUT2D eigenvalue weighted by molar-refractivity contribution is 0.0657. The van der Waals surface area contributed by atoms with E-state index in [2.05, 4.69) is 29.0 Å². The Kier molecular flexibility index (Phi) is 3.53. The third-order valence-corrected chi connectivity index (χ3v) is 5.40. The first-order valence-corrected chi connectivity index (χ1v) is 8.14. The monoisotopic (exact) mass is 281 g/mol. The molecule has 2 heterocycles. The minimum absolute atomic E-state index is 0.0585. The van der Waals surface area contributed by atoms with Crippen molar-refractivity contribution in [2.45, 2.75) is 51.2 Å². The molecule has 5 heteroatoms. The molecular weight excluding hydrogens is 258 g/mol. The molecule has 0 spiro atoms. The zero-order valence-corrected chi connectivity index (χ0v) is 12.6. The minimum Gasteiger partial charge on any atom is -0.315 e. The largest absolute Gasteiger partial charge is 0.315 e. The number of rotatable bonds is 4. The summed E-state index contributed by atoms with van der Waals surface area (Å²) in [5.74, 6) is 0.842. The maximum atomic E-state index is 11.3. The van der Waals surface area contributed by atoms with E-state index < -0.39 is 0 Å². The summed E-state index contributed by atoms with van der Waals surface area (Å²) in [6.07, 6.45) is 3.88. The summed E-state index contributed by atoms with van der Waals surface area (Å²) in [6, 6.07) is 0.579. The summed E-state index contributed by atoms with van der Waals surface area (Å²) >= 11 is 1.27. The molecular formula is C14H23N3OS. The van der Waals surface area contributed by atoms with Crippen LogP contribution in [0, 0.1) is 5.92 Å². The Balaban J connectivity index is 1.73. The molecule has 19 heavy (non-hydrogen) atoms. The van der Waals surface area contributed by atoms with E-state index in [0.717, 1.165) is 37.7 Å². The molecule has 0 bridgehead atoms. The molecule has 0 aromatic carbocycles.